The third-order valence-electron chi connectivity index (χ3n) is 4.05. The summed E-state index contributed by atoms with van der Waals surface area (Å²) < 4.78 is 3.26. The molecule has 0 spiro atoms. The summed E-state index contributed by atoms with van der Waals surface area (Å²) in [5, 5.41) is 13.5. The molecular formula is C17H16N6O2S. The van der Waals surface area contributed by atoms with Gasteiger partial charge in [-0.25, -0.2) is 4.98 Å². The molecule has 4 rings (SSSR count). The Kier molecular flexibility index (Phi) is 4.44. The van der Waals surface area contributed by atoms with Crippen LogP contribution >= 0.6 is 11.3 Å². The zero-order valence-corrected chi connectivity index (χ0v) is 14.6. The van der Waals surface area contributed by atoms with Gasteiger partial charge < -0.3 is 5.32 Å². The zero-order valence-electron chi connectivity index (χ0n) is 13.8. The molecule has 0 aliphatic heterocycles. The number of amides is 1. The predicted octanol–water partition coefficient (Wildman–Crippen LogP) is 1.25. The molecule has 0 bridgehead atoms. The molecule has 0 radical (unpaired) electrons. The van der Waals surface area contributed by atoms with E-state index in [-0.39, 0.29) is 18.0 Å². The molecule has 1 N–H and O–H groups in total. The molecule has 0 aliphatic rings. The van der Waals surface area contributed by atoms with Crippen LogP contribution in [0.4, 0.5) is 0 Å². The number of carbonyl (C=O) groups excluding carboxylic acids is 1. The molecule has 9 heteroatoms. The number of hydrogen-bond donors (Lipinski definition) is 1. The van der Waals surface area contributed by atoms with Crippen LogP contribution in [0.3, 0.4) is 0 Å². The van der Waals surface area contributed by atoms with E-state index in [1.165, 1.54) is 22.2 Å². The number of pyridine rings is 1. The summed E-state index contributed by atoms with van der Waals surface area (Å²) in [6.45, 7) is 0.467. The lowest BCUT2D eigenvalue weighted by molar-refractivity contribution is -0.121. The maximum absolute atomic E-state index is 12.3. The Hall–Kier alpha value is -3.07. The topological polar surface area (TPSA) is 94.2 Å². The Morgan fingerprint density at radius 1 is 1.23 bits per heavy atom. The van der Waals surface area contributed by atoms with Crippen LogP contribution in [-0.2, 0) is 17.8 Å². The van der Waals surface area contributed by atoms with Crippen molar-refractivity contribution in [1.29, 1.82) is 0 Å². The second-order valence-electron chi connectivity index (χ2n) is 5.82. The zero-order chi connectivity index (χ0) is 17.9. The lowest BCUT2D eigenvalue weighted by atomic mass is 10.3. The third kappa shape index (κ3) is 3.21. The van der Waals surface area contributed by atoms with Crippen molar-refractivity contribution >= 4 is 33.1 Å². The first-order valence-electron chi connectivity index (χ1n) is 8.20. The highest BCUT2D eigenvalue weighted by Crippen LogP contribution is 2.13. The number of aryl methyl sites for hydroxylation is 1. The number of aromatic nitrogens is 5. The number of hydrogen-bond acceptors (Lipinski definition) is 6. The van der Waals surface area contributed by atoms with Gasteiger partial charge in [0.2, 0.25) is 5.91 Å². The molecule has 4 aromatic heterocycles. The predicted molar refractivity (Wildman–Crippen MR) is 98.2 cm³/mol. The van der Waals surface area contributed by atoms with E-state index in [4.69, 9.17) is 0 Å². The summed E-state index contributed by atoms with van der Waals surface area (Å²) >= 11 is 1.41. The molecule has 0 unspecified atom stereocenters. The van der Waals surface area contributed by atoms with Gasteiger partial charge in [-0.15, -0.1) is 21.5 Å². The smallest absolute Gasteiger partial charge is 0.262 e. The highest BCUT2D eigenvalue weighted by atomic mass is 32.1. The van der Waals surface area contributed by atoms with Crippen LogP contribution in [0.2, 0.25) is 0 Å². The van der Waals surface area contributed by atoms with Crippen molar-refractivity contribution in [3.8, 4) is 0 Å². The standard InChI is InChI=1S/C17H16N6O2S/c24-15(10-22-11-19-16-12(17(22)25)6-9-26-16)18-7-3-5-14-21-20-13-4-1-2-8-23(13)14/h1-2,4,6,8-9,11H,3,5,7,10H2,(H,18,24). The third-order valence-corrected chi connectivity index (χ3v) is 4.87. The van der Waals surface area contributed by atoms with E-state index < -0.39 is 0 Å². The molecular weight excluding hydrogens is 352 g/mol. The molecule has 0 atom stereocenters. The Balaban J connectivity index is 1.31. The highest BCUT2D eigenvalue weighted by Gasteiger charge is 2.09. The summed E-state index contributed by atoms with van der Waals surface area (Å²) in [5.74, 6) is 0.646. The molecule has 1 amide bonds. The molecule has 8 nitrogen and oxygen atoms in total. The summed E-state index contributed by atoms with van der Waals surface area (Å²) in [7, 11) is 0. The summed E-state index contributed by atoms with van der Waals surface area (Å²) in [6, 6.07) is 7.47. The van der Waals surface area contributed by atoms with Crippen LogP contribution in [0, 0.1) is 0 Å². The van der Waals surface area contributed by atoms with Crippen molar-refractivity contribution in [3.63, 3.8) is 0 Å². The average molecular weight is 368 g/mol. The van der Waals surface area contributed by atoms with Gasteiger partial charge in [0.15, 0.2) is 5.65 Å². The second-order valence-corrected chi connectivity index (χ2v) is 6.71. The maximum Gasteiger partial charge on any atom is 0.262 e. The van der Waals surface area contributed by atoms with Crippen LogP contribution in [0.5, 0.6) is 0 Å². The monoisotopic (exact) mass is 368 g/mol. The first-order valence-corrected chi connectivity index (χ1v) is 9.08. The van der Waals surface area contributed by atoms with Crippen LogP contribution in [0.15, 0.2) is 47.0 Å². The maximum atomic E-state index is 12.3. The van der Waals surface area contributed by atoms with Crippen LogP contribution in [-0.4, -0.2) is 36.6 Å². The Morgan fingerprint density at radius 3 is 3.08 bits per heavy atom. The second kappa shape index (κ2) is 7.04. The van der Waals surface area contributed by atoms with Crippen molar-refractivity contribution in [3.05, 3.63) is 58.3 Å². The quantitative estimate of drug-likeness (QED) is 0.517. The van der Waals surface area contributed by atoms with Gasteiger partial charge in [0.05, 0.1) is 11.7 Å². The number of thiophene rings is 1. The lowest BCUT2D eigenvalue weighted by Crippen LogP contribution is -2.33. The van der Waals surface area contributed by atoms with E-state index >= 15 is 0 Å². The van der Waals surface area contributed by atoms with Gasteiger partial charge in [-0.1, -0.05) is 6.07 Å². The lowest BCUT2D eigenvalue weighted by Gasteiger charge is -2.07. The fraction of sp³-hybridized carbons (Fsp3) is 0.235. The minimum Gasteiger partial charge on any atom is -0.355 e. The highest BCUT2D eigenvalue weighted by molar-refractivity contribution is 7.16. The normalized spacial score (nSPS) is 11.2. The fourth-order valence-corrected chi connectivity index (χ4v) is 3.48. The number of fused-ring (bicyclic) bond motifs is 2. The first-order chi connectivity index (χ1) is 12.7. The van der Waals surface area contributed by atoms with Crippen molar-refractivity contribution in [2.24, 2.45) is 0 Å². The van der Waals surface area contributed by atoms with E-state index in [0.717, 1.165) is 17.9 Å². The van der Waals surface area contributed by atoms with E-state index in [0.29, 0.717) is 23.2 Å². The van der Waals surface area contributed by atoms with Crippen LogP contribution < -0.4 is 10.9 Å². The van der Waals surface area contributed by atoms with Gasteiger partial charge in [0.25, 0.3) is 5.56 Å². The van der Waals surface area contributed by atoms with Crippen molar-refractivity contribution in [1.82, 2.24) is 29.5 Å². The molecule has 132 valence electrons. The molecule has 0 aliphatic carbocycles. The van der Waals surface area contributed by atoms with Gasteiger partial charge in [-0.2, -0.15) is 0 Å². The minimum atomic E-state index is -0.213. The number of rotatable bonds is 6. The molecule has 0 fully saturated rings. The van der Waals surface area contributed by atoms with Crippen LogP contribution in [0.25, 0.3) is 15.9 Å². The van der Waals surface area contributed by atoms with Crippen molar-refractivity contribution in [2.75, 3.05) is 6.54 Å². The van der Waals surface area contributed by atoms with E-state index in [9.17, 15) is 9.59 Å². The Bertz CT molecular complexity index is 1130. The number of carbonyl (C=O) groups is 1. The number of nitrogens with zero attached hydrogens (tertiary/aromatic N) is 5. The summed E-state index contributed by atoms with van der Waals surface area (Å²) in [5.41, 5.74) is 0.614. The Morgan fingerprint density at radius 2 is 2.15 bits per heavy atom. The summed E-state index contributed by atoms with van der Waals surface area (Å²) in [6.07, 6.45) is 4.78. The molecule has 4 heterocycles. The van der Waals surface area contributed by atoms with Crippen molar-refractivity contribution in [2.45, 2.75) is 19.4 Å². The molecule has 4 aromatic rings. The van der Waals surface area contributed by atoms with E-state index in [2.05, 4.69) is 20.5 Å². The fourth-order valence-electron chi connectivity index (χ4n) is 2.75. The van der Waals surface area contributed by atoms with Crippen molar-refractivity contribution < 1.29 is 4.79 Å². The first kappa shape index (κ1) is 16.4. The van der Waals surface area contributed by atoms with E-state index in [1.54, 1.807) is 6.07 Å². The van der Waals surface area contributed by atoms with Gasteiger partial charge in [-0.05, 0) is 30.0 Å². The molecule has 0 saturated heterocycles. The van der Waals surface area contributed by atoms with Crippen LogP contribution in [0.1, 0.15) is 12.2 Å². The SMILES string of the molecule is O=C(Cn1cnc2sccc2c1=O)NCCCc1nnc2ccccn12. The number of nitrogens with one attached hydrogen (secondary N) is 1. The average Bonchev–Trinajstić information content (AvgIpc) is 3.29. The minimum absolute atomic E-state index is 0.0362. The van der Waals surface area contributed by atoms with Gasteiger partial charge in [0, 0.05) is 19.2 Å². The van der Waals surface area contributed by atoms with Gasteiger partial charge in [0.1, 0.15) is 17.2 Å². The summed E-state index contributed by atoms with van der Waals surface area (Å²) in [4.78, 5) is 29.2. The Labute approximate surface area is 152 Å². The molecule has 0 saturated carbocycles. The van der Waals surface area contributed by atoms with E-state index in [1.807, 2.05) is 34.2 Å². The molecule has 26 heavy (non-hydrogen) atoms. The molecule has 0 aromatic carbocycles. The van der Waals surface area contributed by atoms with Gasteiger partial charge in [-0.3, -0.25) is 18.6 Å². The van der Waals surface area contributed by atoms with Gasteiger partial charge >= 0.3 is 0 Å². The largest absolute Gasteiger partial charge is 0.355 e.